The summed E-state index contributed by atoms with van der Waals surface area (Å²) in [6, 6.07) is 6.65. The van der Waals surface area contributed by atoms with Crippen LogP contribution in [0.3, 0.4) is 0 Å². The van der Waals surface area contributed by atoms with Crippen LogP contribution in [0.5, 0.6) is 0 Å². The van der Waals surface area contributed by atoms with Crippen LogP contribution in [-0.4, -0.2) is 73.5 Å². The van der Waals surface area contributed by atoms with Gasteiger partial charge in [0.1, 0.15) is 0 Å². The zero-order chi connectivity index (χ0) is 18.4. The molecule has 26 heavy (non-hydrogen) atoms. The fourth-order valence-corrected chi connectivity index (χ4v) is 3.15. The molecule has 1 aromatic rings. The molecule has 3 N–H and O–H groups in total. The van der Waals surface area contributed by atoms with Crippen molar-refractivity contribution in [1.29, 1.82) is 0 Å². The highest BCUT2D eigenvalue weighted by atomic mass is 16.2. The van der Waals surface area contributed by atoms with E-state index in [9.17, 15) is 14.4 Å². The summed E-state index contributed by atoms with van der Waals surface area (Å²) in [6.45, 7) is 5.97. The largest absolute Gasteiger partial charge is 0.352 e. The third-order valence-corrected chi connectivity index (χ3v) is 4.61. The normalized spacial score (nSPS) is 18.1. The van der Waals surface area contributed by atoms with Crippen LogP contribution in [-0.2, 0) is 11.3 Å². The molecule has 3 rings (SSSR count). The van der Waals surface area contributed by atoms with Gasteiger partial charge in [-0.05, 0) is 30.7 Å². The number of amides is 4. The predicted octanol–water partition coefficient (Wildman–Crippen LogP) is -0.236. The number of nitrogens with zero attached hydrogens (tertiary/aromatic N) is 2. The van der Waals surface area contributed by atoms with E-state index in [1.165, 1.54) is 0 Å². The first kappa shape index (κ1) is 18.3. The number of nitrogens with one attached hydrogen (secondary N) is 3. The van der Waals surface area contributed by atoms with Gasteiger partial charge in [-0.15, -0.1) is 0 Å². The van der Waals surface area contributed by atoms with Crippen molar-refractivity contribution in [3.8, 4) is 0 Å². The molecule has 0 aliphatic carbocycles. The highest BCUT2D eigenvalue weighted by molar-refractivity contribution is 6.02. The van der Waals surface area contributed by atoms with E-state index in [1.54, 1.807) is 24.3 Å². The average Bonchev–Trinajstić information content (AvgIpc) is 2.98. The maximum absolute atomic E-state index is 12.3. The Labute approximate surface area is 152 Å². The van der Waals surface area contributed by atoms with Gasteiger partial charge >= 0.3 is 6.03 Å². The minimum Gasteiger partial charge on any atom is -0.352 e. The summed E-state index contributed by atoms with van der Waals surface area (Å²) < 4.78 is 0. The summed E-state index contributed by atoms with van der Waals surface area (Å²) in [4.78, 5) is 39.2. The third kappa shape index (κ3) is 4.80. The van der Waals surface area contributed by atoms with Gasteiger partial charge in [-0.1, -0.05) is 12.1 Å². The number of imide groups is 1. The van der Waals surface area contributed by atoms with E-state index in [2.05, 4.69) is 20.9 Å². The Bertz CT molecular complexity index is 657. The van der Waals surface area contributed by atoms with Crippen molar-refractivity contribution in [1.82, 2.24) is 25.8 Å². The van der Waals surface area contributed by atoms with Crippen molar-refractivity contribution >= 4 is 17.8 Å². The molecule has 0 radical (unpaired) electrons. The summed E-state index contributed by atoms with van der Waals surface area (Å²) in [5.41, 5.74) is 1.29. The molecular formula is C18H25N5O3. The summed E-state index contributed by atoms with van der Waals surface area (Å²) in [6.07, 6.45) is 0.911. The van der Waals surface area contributed by atoms with Gasteiger partial charge in [0.05, 0.1) is 13.1 Å². The van der Waals surface area contributed by atoms with Crippen molar-refractivity contribution in [3.63, 3.8) is 0 Å². The number of carbonyl (C=O) groups excluding carboxylic acids is 3. The van der Waals surface area contributed by atoms with Crippen molar-refractivity contribution in [2.24, 2.45) is 0 Å². The number of piperazine rings is 1. The monoisotopic (exact) mass is 359 g/mol. The molecule has 8 nitrogen and oxygen atoms in total. The second-order valence-corrected chi connectivity index (χ2v) is 6.54. The minimum absolute atomic E-state index is 0.0338. The standard InChI is InChI=1S/C18H25N5O3/c24-16-12-21-18(26)23(16)13-14-3-1-4-15(11-14)17(25)20-5-2-8-22-9-6-19-7-10-22/h1,3-4,11,19H,2,5-10,12-13H2,(H,20,25)(H,21,26). The van der Waals surface area contributed by atoms with Crippen LogP contribution in [0.1, 0.15) is 22.3 Å². The molecular weight excluding hydrogens is 334 g/mol. The predicted molar refractivity (Wildman–Crippen MR) is 96.7 cm³/mol. The molecule has 0 aromatic heterocycles. The first-order chi connectivity index (χ1) is 12.6. The number of benzene rings is 1. The van der Waals surface area contributed by atoms with Gasteiger partial charge in [-0.3, -0.25) is 14.5 Å². The first-order valence-electron chi connectivity index (χ1n) is 9.02. The lowest BCUT2D eigenvalue weighted by atomic mass is 10.1. The molecule has 0 saturated carbocycles. The van der Waals surface area contributed by atoms with Crippen LogP contribution in [0.25, 0.3) is 0 Å². The Balaban J connectivity index is 1.46. The number of carbonyl (C=O) groups is 3. The first-order valence-corrected chi connectivity index (χ1v) is 9.02. The van der Waals surface area contributed by atoms with Crippen molar-refractivity contribution in [2.75, 3.05) is 45.8 Å². The molecule has 2 aliphatic heterocycles. The lowest BCUT2D eigenvalue weighted by Gasteiger charge is -2.27. The van der Waals surface area contributed by atoms with E-state index in [0.717, 1.165) is 49.6 Å². The zero-order valence-electron chi connectivity index (χ0n) is 14.8. The maximum Gasteiger partial charge on any atom is 0.324 e. The summed E-state index contributed by atoms with van der Waals surface area (Å²) in [5, 5.41) is 8.74. The van der Waals surface area contributed by atoms with Crippen molar-refractivity contribution < 1.29 is 14.4 Å². The molecule has 0 atom stereocenters. The van der Waals surface area contributed by atoms with Gasteiger partial charge in [-0.25, -0.2) is 4.79 Å². The van der Waals surface area contributed by atoms with Gasteiger partial charge in [-0.2, -0.15) is 0 Å². The van der Waals surface area contributed by atoms with Gasteiger partial charge in [0.15, 0.2) is 0 Å². The smallest absolute Gasteiger partial charge is 0.324 e. The van der Waals surface area contributed by atoms with E-state index in [1.807, 2.05) is 0 Å². The minimum atomic E-state index is -0.391. The van der Waals surface area contributed by atoms with Crippen molar-refractivity contribution in [3.05, 3.63) is 35.4 Å². The van der Waals surface area contributed by atoms with Crippen LogP contribution < -0.4 is 16.0 Å². The maximum atomic E-state index is 12.3. The lowest BCUT2D eigenvalue weighted by Crippen LogP contribution is -2.44. The Hall–Kier alpha value is -2.45. The summed E-state index contributed by atoms with van der Waals surface area (Å²) in [5.74, 6) is -0.387. The fraction of sp³-hybridized carbons (Fsp3) is 0.500. The molecule has 0 bridgehead atoms. The van der Waals surface area contributed by atoms with Crippen LogP contribution in [0, 0.1) is 0 Å². The molecule has 8 heteroatoms. The van der Waals surface area contributed by atoms with Crippen LogP contribution >= 0.6 is 0 Å². The second-order valence-electron chi connectivity index (χ2n) is 6.54. The average molecular weight is 359 g/mol. The van der Waals surface area contributed by atoms with Crippen LogP contribution in [0.2, 0.25) is 0 Å². The van der Waals surface area contributed by atoms with Gasteiger partial charge in [0, 0.05) is 38.3 Å². The summed E-state index contributed by atoms with van der Waals surface area (Å²) in [7, 11) is 0. The van der Waals surface area contributed by atoms with Crippen molar-refractivity contribution in [2.45, 2.75) is 13.0 Å². The molecule has 0 spiro atoms. The van der Waals surface area contributed by atoms with Gasteiger partial charge in [0.2, 0.25) is 5.91 Å². The molecule has 1 aromatic carbocycles. The molecule has 4 amide bonds. The summed E-state index contributed by atoms with van der Waals surface area (Å²) >= 11 is 0. The van der Waals surface area contributed by atoms with E-state index < -0.39 is 6.03 Å². The molecule has 0 unspecified atom stereocenters. The van der Waals surface area contributed by atoms with E-state index in [4.69, 9.17) is 0 Å². The van der Waals surface area contributed by atoms with E-state index in [0.29, 0.717) is 12.1 Å². The Kier molecular flexibility index (Phi) is 6.19. The Morgan fingerprint density at radius 2 is 2.00 bits per heavy atom. The lowest BCUT2D eigenvalue weighted by molar-refractivity contribution is -0.125. The second kappa shape index (κ2) is 8.77. The van der Waals surface area contributed by atoms with Gasteiger partial charge < -0.3 is 20.9 Å². The van der Waals surface area contributed by atoms with Crippen LogP contribution in [0.4, 0.5) is 4.79 Å². The van der Waals surface area contributed by atoms with E-state index in [-0.39, 0.29) is 24.9 Å². The number of urea groups is 1. The highest BCUT2D eigenvalue weighted by Gasteiger charge is 2.28. The van der Waals surface area contributed by atoms with E-state index >= 15 is 0 Å². The SMILES string of the molecule is O=C(NCCCN1CCNCC1)c1cccc(CN2C(=O)CNC2=O)c1. The molecule has 140 valence electrons. The molecule has 2 aliphatic rings. The Morgan fingerprint density at radius 3 is 2.73 bits per heavy atom. The van der Waals surface area contributed by atoms with Gasteiger partial charge in [0.25, 0.3) is 5.91 Å². The number of hydrogen-bond acceptors (Lipinski definition) is 5. The fourth-order valence-electron chi connectivity index (χ4n) is 3.15. The molecule has 2 saturated heterocycles. The number of hydrogen-bond donors (Lipinski definition) is 3. The quantitative estimate of drug-likeness (QED) is 0.462. The molecule has 2 heterocycles. The zero-order valence-corrected chi connectivity index (χ0v) is 14.8. The topological polar surface area (TPSA) is 93.8 Å². The highest BCUT2D eigenvalue weighted by Crippen LogP contribution is 2.11. The third-order valence-electron chi connectivity index (χ3n) is 4.61. The Morgan fingerprint density at radius 1 is 1.19 bits per heavy atom. The van der Waals surface area contributed by atoms with Crippen LogP contribution in [0.15, 0.2) is 24.3 Å². The molecule has 2 fully saturated rings. The number of rotatable bonds is 7.